The summed E-state index contributed by atoms with van der Waals surface area (Å²) in [6.45, 7) is 4.32. The van der Waals surface area contributed by atoms with Crippen LogP contribution in [0.4, 0.5) is 0 Å². The van der Waals surface area contributed by atoms with E-state index in [0.717, 1.165) is 12.0 Å². The number of fused-ring (bicyclic) bond motifs is 1. The van der Waals surface area contributed by atoms with Crippen LogP contribution in [-0.4, -0.2) is 10.1 Å². The Morgan fingerprint density at radius 1 is 1.54 bits per heavy atom. The van der Waals surface area contributed by atoms with Crippen LogP contribution in [0.25, 0.3) is 0 Å². The van der Waals surface area contributed by atoms with E-state index in [-0.39, 0.29) is 6.10 Å². The lowest BCUT2D eigenvalue weighted by atomic mass is 9.91. The Balaban J connectivity index is 2.32. The van der Waals surface area contributed by atoms with Crippen LogP contribution in [0.1, 0.15) is 31.1 Å². The molecular weight excluding hydrogens is 162 g/mol. The van der Waals surface area contributed by atoms with E-state index in [1.807, 2.05) is 6.07 Å². The third-order valence-corrected chi connectivity index (χ3v) is 2.98. The number of pyridine rings is 1. The molecule has 1 aromatic rings. The van der Waals surface area contributed by atoms with Crippen molar-refractivity contribution in [3.63, 3.8) is 0 Å². The van der Waals surface area contributed by atoms with Crippen LogP contribution in [0.2, 0.25) is 0 Å². The van der Waals surface area contributed by atoms with Crippen LogP contribution in [0.15, 0.2) is 18.5 Å². The molecular formula is C11H15NO. The van der Waals surface area contributed by atoms with E-state index in [4.69, 9.17) is 0 Å². The third kappa shape index (κ3) is 1.35. The lowest BCUT2D eigenvalue weighted by Crippen LogP contribution is -2.13. The van der Waals surface area contributed by atoms with Gasteiger partial charge < -0.3 is 5.11 Å². The van der Waals surface area contributed by atoms with Gasteiger partial charge in [-0.15, -0.1) is 0 Å². The summed E-state index contributed by atoms with van der Waals surface area (Å²) in [6, 6.07) is 2.01. The Bertz CT molecular complexity index is 309. The maximum Gasteiger partial charge on any atom is 0.0841 e. The molecule has 1 aromatic heterocycles. The second kappa shape index (κ2) is 3.11. The second-order valence-corrected chi connectivity index (χ2v) is 4.13. The fraction of sp³-hybridized carbons (Fsp3) is 0.545. The summed E-state index contributed by atoms with van der Waals surface area (Å²) >= 11 is 0. The summed E-state index contributed by atoms with van der Waals surface area (Å²) in [5.41, 5.74) is 2.29. The van der Waals surface area contributed by atoms with Crippen LogP contribution in [0, 0.1) is 11.8 Å². The Labute approximate surface area is 78.6 Å². The highest BCUT2D eigenvalue weighted by atomic mass is 16.3. The summed E-state index contributed by atoms with van der Waals surface area (Å²) in [5.74, 6) is 0.904. The molecule has 0 aromatic carbocycles. The number of hydrogen-bond donors (Lipinski definition) is 1. The molecule has 2 atom stereocenters. The van der Waals surface area contributed by atoms with Gasteiger partial charge in [0.15, 0.2) is 0 Å². The average Bonchev–Trinajstić information content (AvgIpc) is 2.45. The number of aromatic nitrogens is 1. The van der Waals surface area contributed by atoms with Gasteiger partial charge in [0.25, 0.3) is 0 Å². The number of hydrogen-bond acceptors (Lipinski definition) is 2. The van der Waals surface area contributed by atoms with Gasteiger partial charge in [0.1, 0.15) is 0 Å². The van der Waals surface area contributed by atoms with Crippen molar-refractivity contribution in [2.75, 3.05) is 0 Å². The number of rotatable bonds is 1. The molecule has 0 aliphatic heterocycles. The fourth-order valence-corrected chi connectivity index (χ4v) is 2.08. The zero-order chi connectivity index (χ0) is 9.42. The highest BCUT2D eigenvalue weighted by molar-refractivity contribution is 5.31. The van der Waals surface area contributed by atoms with Gasteiger partial charge >= 0.3 is 0 Å². The molecule has 2 heteroatoms. The number of nitrogens with zero attached hydrogens (tertiary/aromatic N) is 1. The van der Waals surface area contributed by atoms with E-state index in [0.29, 0.717) is 11.8 Å². The van der Waals surface area contributed by atoms with Crippen LogP contribution < -0.4 is 0 Å². The first-order chi connectivity index (χ1) is 6.20. The molecule has 0 amide bonds. The second-order valence-electron chi connectivity index (χ2n) is 4.13. The first kappa shape index (κ1) is 8.70. The maximum atomic E-state index is 9.97. The molecule has 0 fully saturated rings. The van der Waals surface area contributed by atoms with Gasteiger partial charge in [0, 0.05) is 18.0 Å². The summed E-state index contributed by atoms with van der Waals surface area (Å²) < 4.78 is 0. The van der Waals surface area contributed by atoms with Crippen molar-refractivity contribution in [2.24, 2.45) is 11.8 Å². The molecule has 1 N–H and O–H groups in total. The van der Waals surface area contributed by atoms with Crippen LogP contribution in [0.3, 0.4) is 0 Å². The molecule has 2 unspecified atom stereocenters. The lowest BCUT2D eigenvalue weighted by Gasteiger charge is -2.18. The van der Waals surface area contributed by atoms with Gasteiger partial charge in [-0.3, -0.25) is 4.98 Å². The highest BCUT2D eigenvalue weighted by Crippen LogP contribution is 2.39. The van der Waals surface area contributed by atoms with Crippen molar-refractivity contribution in [2.45, 2.75) is 26.4 Å². The molecule has 0 bridgehead atoms. The Hall–Kier alpha value is -0.890. The van der Waals surface area contributed by atoms with E-state index < -0.39 is 0 Å². The SMILES string of the molecule is CC(C)C1Cc2ccncc2C1O. The summed E-state index contributed by atoms with van der Waals surface area (Å²) in [5, 5.41) is 9.97. The van der Waals surface area contributed by atoms with Crippen molar-refractivity contribution in [1.29, 1.82) is 0 Å². The predicted molar refractivity (Wildman–Crippen MR) is 51.2 cm³/mol. The quantitative estimate of drug-likeness (QED) is 0.711. The van der Waals surface area contributed by atoms with Crippen molar-refractivity contribution in [1.82, 2.24) is 4.98 Å². The molecule has 2 rings (SSSR count). The largest absolute Gasteiger partial charge is 0.388 e. The normalized spacial score (nSPS) is 26.5. The smallest absolute Gasteiger partial charge is 0.0841 e. The van der Waals surface area contributed by atoms with E-state index in [1.54, 1.807) is 12.4 Å². The minimum atomic E-state index is -0.302. The molecule has 2 nitrogen and oxygen atoms in total. The van der Waals surface area contributed by atoms with E-state index in [2.05, 4.69) is 18.8 Å². The standard InChI is InChI=1S/C11H15NO/c1-7(2)9-5-8-3-4-12-6-10(8)11(9)13/h3-4,6-7,9,11,13H,5H2,1-2H3. The van der Waals surface area contributed by atoms with Gasteiger partial charge in [-0.05, 0) is 29.9 Å². The van der Waals surface area contributed by atoms with Crippen LogP contribution in [-0.2, 0) is 6.42 Å². The van der Waals surface area contributed by atoms with Gasteiger partial charge in [-0.1, -0.05) is 13.8 Å². The monoisotopic (exact) mass is 177 g/mol. The van der Waals surface area contributed by atoms with E-state index >= 15 is 0 Å². The van der Waals surface area contributed by atoms with Crippen molar-refractivity contribution < 1.29 is 5.11 Å². The minimum absolute atomic E-state index is 0.302. The number of aliphatic hydroxyl groups excluding tert-OH is 1. The minimum Gasteiger partial charge on any atom is -0.388 e. The van der Waals surface area contributed by atoms with Crippen molar-refractivity contribution in [3.05, 3.63) is 29.6 Å². The first-order valence-corrected chi connectivity index (χ1v) is 4.81. The number of aliphatic hydroxyl groups is 1. The van der Waals surface area contributed by atoms with Crippen LogP contribution >= 0.6 is 0 Å². The average molecular weight is 177 g/mol. The summed E-state index contributed by atoms with van der Waals surface area (Å²) in [4.78, 5) is 4.04. The molecule has 0 radical (unpaired) electrons. The van der Waals surface area contributed by atoms with Gasteiger partial charge in [-0.25, -0.2) is 0 Å². The molecule has 1 aliphatic carbocycles. The molecule has 0 saturated carbocycles. The molecule has 1 aliphatic rings. The van der Waals surface area contributed by atoms with Crippen molar-refractivity contribution >= 4 is 0 Å². The zero-order valence-electron chi connectivity index (χ0n) is 8.07. The summed E-state index contributed by atoms with van der Waals surface area (Å²) in [6.07, 6.45) is 4.29. The molecule has 70 valence electrons. The zero-order valence-corrected chi connectivity index (χ0v) is 8.07. The van der Waals surface area contributed by atoms with Gasteiger partial charge in [-0.2, -0.15) is 0 Å². The molecule has 0 spiro atoms. The molecule has 13 heavy (non-hydrogen) atoms. The Morgan fingerprint density at radius 3 is 2.92 bits per heavy atom. The fourth-order valence-electron chi connectivity index (χ4n) is 2.08. The topological polar surface area (TPSA) is 33.1 Å². The van der Waals surface area contributed by atoms with Gasteiger partial charge in [0.2, 0.25) is 0 Å². The van der Waals surface area contributed by atoms with Gasteiger partial charge in [0.05, 0.1) is 6.10 Å². The summed E-state index contributed by atoms with van der Waals surface area (Å²) in [7, 11) is 0. The Morgan fingerprint density at radius 2 is 2.31 bits per heavy atom. The molecule has 0 saturated heterocycles. The third-order valence-electron chi connectivity index (χ3n) is 2.98. The highest BCUT2D eigenvalue weighted by Gasteiger charge is 2.32. The maximum absolute atomic E-state index is 9.97. The van der Waals surface area contributed by atoms with Crippen molar-refractivity contribution in [3.8, 4) is 0 Å². The molecule has 1 heterocycles. The van der Waals surface area contributed by atoms with Crippen LogP contribution in [0.5, 0.6) is 0 Å². The first-order valence-electron chi connectivity index (χ1n) is 4.81. The Kier molecular flexibility index (Phi) is 2.08. The predicted octanol–water partition coefficient (Wildman–Crippen LogP) is 1.94. The lowest BCUT2D eigenvalue weighted by molar-refractivity contribution is 0.0966. The van der Waals surface area contributed by atoms with E-state index in [1.165, 1.54) is 5.56 Å². The van der Waals surface area contributed by atoms with E-state index in [9.17, 15) is 5.11 Å².